The van der Waals surface area contributed by atoms with Gasteiger partial charge < -0.3 is 24.0 Å². The molecule has 4 aromatic rings. The lowest BCUT2D eigenvalue weighted by Crippen LogP contribution is -2.02. The third-order valence-corrected chi connectivity index (χ3v) is 5.46. The summed E-state index contributed by atoms with van der Waals surface area (Å²) in [7, 11) is 1.20. The molecule has 0 amide bonds. The highest BCUT2D eigenvalue weighted by Gasteiger charge is 2.31. The second-order valence-electron chi connectivity index (χ2n) is 7.66. The number of esters is 2. The van der Waals surface area contributed by atoms with Crippen LogP contribution in [0.1, 0.15) is 45.6 Å². The Balaban J connectivity index is 1.71. The molecule has 174 valence electrons. The van der Waals surface area contributed by atoms with Gasteiger partial charge in [0.1, 0.15) is 0 Å². The molecule has 0 unspecified atom stereocenters. The molecule has 34 heavy (non-hydrogen) atoms. The molecule has 0 saturated heterocycles. The molecule has 8 nitrogen and oxygen atoms in total. The molecule has 0 aliphatic rings. The van der Waals surface area contributed by atoms with Crippen molar-refractivity contribution < 1.29 is 33.4 Å². The van der Waals surface area contributed by atoms with Gasteiger partial charge in [0.2, 0.25) is 17.3 Å². The highest BCUT2D eigenvalue weighted by atomic mass is 16.5. The van der Waals surface area contributed by atoms with E-state index in [9.17, 15) is 19.5 Å². The number of furan rings is 1. The average molecular weight is 461 g/mol. The molecule has 0 spiro atoms. The Bertz CT molecular complexity index is 1360. The van der Waals surface area contributed by atoms with Crippen molar-refractivity contribution in [2.45, 2.75) is 19.8 Å². The molecular formula is C26H23NO7. The van der Waals surface area contributed by atoms with E-state index in [2.05, 4.69) is 4.98 Å². The molecule has 0 radical (unpaired) electrons. The van der Waals surface area contributed by atoms with E-state index in [1.54, 1.807) is 42.6 Å². The molecule has 0 bridgehead atoms. The van der Waals surface area contributed by atoms with Crippen LogP contribution in [0.15, 0.2) is 59.1 Å². The Kier molecular flexibility index (Phi) is 6.49. The number of methoxy groups -OCH3 is 1. The zero-order valence-electron chi connectivity index (χ0n) is 18.7. The molecule has 0 fully saturated rings. The van der Waals surface area contributed by atoms with Crippen LogP contribution in [0.2, 0.25) is 0 Å². The van der Waals surface area contributed by atoms with Gasteiger partial charge in [-0.15, -0.1) is 0 Å². The summed E-state index contributed by atoms with van der Waals surface area (Å²) in [6.45, 7) is 1.67. The summed E-state index contributed by atoms with van der Waals surface area (Å²) in [6, 6.07) is 14.2. The summed E-state index contributed by atoms with van der Waals surface area (Å²) < 4.78 is 15.4. The molecule has 2 N–H and O–H groups in total. The van der Waals surface area contributed by atoms with Crippen molar-refractivity contribution in [3.8, 4) is 16.9 Å². The van der Waals surface area contributed by atoms with E-state index in [0.717, 1.165) is 11.1 Å². The van der Waals surface area contributed by atoms with Crippen molar-refractivity contribution in [2.24, 2.45) is 0 Å². The van der Waals surface area contributed by atoms with Crippen LogP contribution in [0.3, 0.4) is 0 Å². The van der Waals surface area contributed by atoms with Crippen LogP contribution >= 0.6 is 0 Å². The van der Waals surface area contributed by atoms with E-state index in [-0.39, 0.29) is 28.6 Å². The van der Waals surface area contributed by atoms with E-state index >= 15 is 0 Å². The van der Waals surface area contributed by atoms with Gasteiger partial charge in [-0.05, 0) is 24.0 Å². The third-order valence-electron chi connectivity index (χ3n) is 5.46. The number of aryl methyl sites for hydroxylation is 1. The number of aromatic amines is 1. The van der Waals surface area contributed by atoms with Crippen molar-refractivity contribution in [2.75, 3.05) is 13.7 Å². The van der Waals surface area contributed by atoms with E-state index in [4.69, 9.17) is 13.9 Å². The summed E-state index contributed by atoms with van der Waals surface area (Å²) >= 11 is 0. The Morgan fingerprint density at radius 1 is 1.03 bits per heavy atom. The van der Waals surface area contributed by atoms with Gasteiger partial charge in [-0.2, -0.15) is 0 Å². The van der Waals surface area contributed by atoms with E-state index in [1.165, 1.54) is 14.0 Å². The van der Waals surface area contributed by atoms with Crippen LogP contribution in [0.5, 0.6) is 5.75 Å². The lowest BCUT2D eigenvalue weighted by molar-refractivity contribution is -0.141. The van der Waals surface area contributed by atoms with Crippen LogP contribution in [-0.4, -0.2) is 41.5 Å². The molecule has 2 aromatic heterocycles. The number of fused-ring (bicyclic) bond motifs is 1. The van der Waals surface area contributed by atoms with E-state index in [1.807, 2.05) is 12.1 Å². The zero-order chi connectivity index (χ0) is 24.2. The number of hydrogen-bond donors (Lipinski definition) is 2. The first-order valence-corrected chi connectivity index (χ1v) is 10.7. The number of aromatic nitrogens is 1. The number of rotatable bonds is 8. The number of hydrogen-bond acceptors (Lipinski definition) is 7. The van der Waals surface area contributed by atoms with Crippen LogP contribution in [0, 0.1) is 0 Å². The lowest BCUT2D eigenvalue weighted by atomic mass is 10.0. The summed E-state index contributed by atoms with van der Waals surface area (Å²) in [5.74, 6) is -2.73. The summed E-state index contributed by atoms with van der Waals surface area (Å²) in [5.41, 5.74) is 2.61. The summed E-state index contributed by atoms with van der Waals surface area (Å²) in [5, 5.41) is 11.6. The van der Waals surface area contributed by atoms with Crippen molar-refractivity contribution in [1.82, 2.24) is 4.98 Å². The predicted molar refractivity (Wildman–Crippen MR) is 124 cm³/mol. The van der Waals surface area contributed by atoms with Crippen LogP contribution in [-0.2, 0) is 20.7 Å². The molecule has 8 heteroatoms. The molecule has 0 saturated carbocycles. The lowest BCUT2D eigenvalue weighted by Gasteiger charge is -2.05. The molecule has 2 aromatic carbocycles. The quantitative estimate of drug-likeness (QED) is 0.223. The van der Waals surface area contributed by atoms with Gasteiger partial charge in [0.25, 0.3) is 0 Å². The zero-order valence-corrected chi connectivity index (χ0v) is 18.7. The van der Waals surface area contributed by atoms with E-state index < -0.39 is 17.5 Å². The Morgan fingerprint density at radius 2 is 1.79 bits per heavy atom. The molecule has 0 atom stereocenters. The standard InChI is InChI=1S/C26H23NO7/c1-15(28)33-13-7-11-17-10-6-12-18-19(14-27-21(17)18)22(29)25-23(30)20(16-8-4-3-5-9-16)24(34-25)26(31)32-2/h3-6,8-10,12,14,27,30H,7,11,13H2,1-2H3. The van der Waals surface area contributed by atoms with Gasteiger partial charge >= 0.3 is 11.9 Å². The SMILES string of the molecule is COC(=O)c1oc(C(=O)c2c[nH]c3c(CCCOC(C)=O)cccc23)c(O)c1-c1ccccc1. The number of ketones is 1. The second kappa shape index (κ2) is 9.66. The van der Waals surface area contributed by atoms with Crippen molar-refractivity contribution in [3.63, 3.8) is 0 Å². The average Bonchev–Trinajstić information content (AvgIpc) is 3.43. The highest BCUT2D eigenvalue weighted by Crippen LogP contribution is 2.40. The topological polar surface area (TPSA) is 119 Å². The Morgan fingerprint density at radius 3 is 2.50 bits per heavy atom. The van der Waals surface area contributed by atoms with Crippen LogP contribution in [0.25, 0.3) is 22.0 Å². The third kappa shape index (κ3) is 4.30. The Labute approximate surface area is 195 Å². The second-order valence-corrected chi connectivity index (χ2v) is 7.66. The first-order chi connectivity index (χ1) is 16.4. The minimum atomic E-state index is -0.804. The maximum Gasteiger partial charge on any atom is 0.374 e. The fourth-order valence-corrected chi connectivity index (χ4v) is 3.90. The predicted octanol–water partition coefficient (Wildman–Crippen LogP) is 4.65. The number of para-hydroxylation sites is 1. The maximum absolute atomic E-state index is 13.4. The highest BCUT2D eigenvalue weighted by molar-refractivity contribution is 6.18. The number of carbonyl (C=O) groups is 3. The van der Waals surface area contributed by atoms with Crippen molar-refractivity contribution in [1.29, 1.82) is 0 Å². The first kappa shape index (κ1) is 22.8. The van der Waals surface area contributed by atoms with E-state index in [0.29, 0.717) is 30.4 Å². The first-order valence-electron chi connectivity index (χ1n) is 10.7. The number of benzene rings is 2. The number of carbonyl (C=O) groups excluding carboxylic acids is 3. The van der Waals surface area contributed by atoms with Crippen LogP contribution in [0.4, 0.5) is 0 Å². The van der Waals surface area contributed by atoms with Gasteiger partial charge in [-0.25, -0.2) is 4.79 Å². The minimum Gasteiger partial charge on any atom is -0.504 e. The van der Waals surface area contributed by atoms with Gasteiger partial charge in [-0.1, -0.05) is 48.5 Å². The number of nitrogens with one attached hydrogen (secondary N) is 1. The van der Waals surface area contributed by atoms with Gasteiger partial charge in [0.05, 0.1) is 24.8 Å². The normalized spacial score (nSPS) is 10.9. The van der Waals surface area contributed by atoms with Crippen molar-refractivity contribution >= 4 is 28.6 Å². The fraction of sp³-hybridized carbons (Fsp3) is 0.192. The number of aromatic hydroxyl groups is 1. The largest absolute Gasteiger partial charge is 0.504 e. The summed E-state index contributed by atoms with van der Waals surface area (Å²) in [6.07, 6.45) is 2.81. The molecule has 0 aliphatic carbocycles. The summed E-state index contributed by atoms with van der Waals surface area (Å²) in [4.78, 5) is 39.8. The smallest absolute Gasteiger partial charge is 0.374 e. The Hall–Kier alpha value is -4.33. The van der Waals surface area contributed by atoms with Gasteiger partial charge in [0, 0.05) is 24.0 Å². The molecule has 4 rings (SSSR count). The maximum atomic E-state index is 13.4. The monoisotopic (exact) mass is 461 g/mol. The minimum absolute atomic E-state index is 0.0989. The van der Waals surface area contributed by atoms with Crippen molar-refractivity contribution in [3.05, 3.63) is 77.4 Å². The van der Waals surface area contributed by atoms with Gasteiger partial charge in [-0.3, -0.25) is 9.59 Å². The van der Waals surface area contributed by atoms with Crippen LogP contribution < -0.4 is 0 Å². The number of H-pyrrole nitrogens is 1. The molecular weight excluding hydrogens is 438 g/mol. The molecule has 0 aliphatic heterocycles. The number of ether oxygens (including phenoxy) is 2. The van der Waals surface area contributed by atoms with Gasteiger partial charge in [0.15, 0.2) is 5.75 Å². The molecule has 2 heterocycles. The fourth-order valence-electron chi connectivity index (χ4n) is 3.90.